The maximum absolute atomic E-state index is 12.6. The van der Waals surface area contributed by atoms with Crippen molar-refractivity contribution in [1.82, 2.24) is 5.32 Å². The van der Waals surface area contributed by atoms with Crippen LogP contribution < -0.4 is 10.1 Å². The van der Waals surface area contributed by atoms with E-state index >= 15 is 0 Å². The van der Waals surface area contributed by atoms with E-state index in [2.05, 4.69) is 33.4 Å². The number of carbonyl (C=O) groups is 1. The summed E-state index contributed by atoms with van der Waals surface area (Å²) < 4.78 is 12.3. The van der Waals surface area contributed by atoms with Crippen LogP contribution in [0.1, 0.15) is 36.8 Å². The fraction of sp³-hybridized carbons (Fsp3) is 0.409. The SMILES string of the molecule is Cc1cccc(OCCCC(=O)NC2(c3cccc(Br)c3)CCOCC2)c1. The molecule has 27 heavy (non-hydrogen) atoms. The molecule has 0 saturated carbocycles. The lowest BCUT2D eigenvalue weighted by atomic mass is 9.82. The van der Waals surface area contributed by atoms with Crippen molar-refractivity contribution in [2.24, 2.45) is 0 Å². The zero-order valence-electron chi connectivity index (χ0n) is 15.7. The van der Waals surface area contributed by atoms with E-state index in [1.165, 1.54) is 5.56 Å². The van der Waals surface area contributed by atoms with E-state index in [0.717, 1.165) is 28.6 Å². The number of hydrogen-bond donors (Lipinski definition) is 1. The van der Waals surface area contributed by atoms with Crippen molar-refractivity contribution in [1.29, 1.82) is 0 Å². The summed E-state index contributed by atoms with van der Waals surface area (Å²) in [7, 11) is 0. The van der Waals surface area contributed by atoms with Crippen LogP contribution in [0.5, 0.6) is 5.75 Å². The highest BCUT2D eigenvalue weighted by Gasteiger charge is 2.35. The van der Waals surface area contributed by atoms with Gasteiger partial charge in [0.2, 0.25) is 5.91 Å². The van der Waals surface area contributed by atoms with Crippen LogP contribution >= 0.6 is 15.9 Å². The Kier molecular flexibility index (Phi) is 6.91. The van der Waals surface area contributed by atoms with Crippen LogP contribution in [0.4, 0.5) is 0 Å². The molecular weight excluding hydrogens is 406 g/mol. The molecule has 1 fully saturated rings. The normalized spacial score (nSPS) is 15.9. The molecule has 1 aliphatic heterocycles. The summed E-state index contributed by atoms with van der Waals surface area (Å²) in [5, 5.41) is 3.29. The van der Waals surface area contributed by atoms with Crippen molar-refractivity contribution in [3.63, 3.8) is 0 Å². The summed E-state index contributed by atoms with van der Waals surface area (Å²) in [5.74, 6) is 0.912. The Morgan fingerprint density at radius 2 is 1.96 bits per heavy atom. The zero-order chi connectivity index (χ0) is 19.1. The summed E-state index contributed by atoms with van der Waals surface area (Å²) in [6.07, 6.45) is 2.71. The van der Waals surface area contributed by atoms with Crippen LogP contribution in [-0.2, 0) is 15.1 Å². The molecule has 0 aromatic heterocycles. The van der Waals surface area contributed by atoms with Crippen molar-refractivity contribution in [2.75, 3.05) is 19.8 Å². The van der Waals surface area contributed by atoms with Gasteiger partial charge in [0.15, 0.2) is 0 Å². The number of aryl methyl sites for hydroxylation is 1. The standard InChI is InChI=1S/C22H26BrNO3/c1-17-5-2-8-20(15-17)27-12-4-9-21(25)24-22(10-13-26-14-11-22)18-6-3-7-19(23)16-18/h2-3,5-8,15-16H,4,9-14H2,1H3,(H,24,25). The highest BCUT2D eigenvalue weighted by molar-refractivity contribution is 9.10. The molecule has 144 valence electrons. The first-order chi connectivity index (χ1) is 13.1. The lowest BCUT2D eigenvalue weighted by Crippen LogP contribution is -2.49. The molecule has 0 atom stereocenters. The van der Waals surface area contributed by atoms with Crippen molar-refractivity contribution in [2.45, 2.75) is 38.1 Å². The van der Waals surface area contributed by atoms with Gasteiger partial charge in [-0.3, -0.25) is 4.79 Å². The first-order valence-electron chi connectivity index (χ1n) is 9.42. The van der Waals surface area contributed by atoms with Gasteiger partial charge in [-0.05, 0) is 61.6 Å². The van der Waals surface area contributed by atoms with Crippen molar-refractivity contribution < 1.29 is 14.3 Å². The van der Waals surface area contributed by atoms with Crippen LogP contribution in [0, 0.1) is 6.92 Å². The molecule has 0 unspecified atom stereocenters. The minimum absolute atomic E-state index is 0.0599. The fourth-order valence-electron chi connectivity index (χ4n) is 3.45. The van der Waals surface area contributed by atoms with Gasteiger partial charge in [-0.1, -0.05) is 40.2 Å². The number of benzene rings is 2. The van der Waals surface area contributed by atoms with Crippen LogP contribution in [0.2, 0.25) is 0 Å². The Morgan fingerprint density at radius 3 is 2.70 bits per heavy atom. The van der Waals surface area contributed by atoms with Gasteiger partial charge >= 0.3 is 0 Å². The molecule has 1 amide bonds. The van der Waals surface area contributed by atoms with Gasteiger partial charge in [0.25, 0.3) is 0 Å². The lowest BCUT2D eigenvalue weighted by Gasteiger charge is -2.38. The molecule has 0 radical (unpaired) electrons. The topological polar surface area (TPSA) is 47.6 Å². The first-order valence-corrected chi connectivity index (χ1v) is 10.2. The molecule has 0 aliphatic carbocycles. The minimum Gasteiger partial charge on any atom is -0.494 e. The van der Waals surface area contributed by atoms with E-state index in [0.29, 0.717) is 32.7 Å². The van der Waals surface area contributed by atoms with Crippen LogP contribution in [0.25, 0.3) is 0 Å². The van der Waals surface area contributed by atoms with Crippen molar-refractivity contribution in [3.8, 4) is 5.75 Å². The average molecular weight is 432 g/mol. The minimum atomic E-state index is -0.351. The molecule has 2 aromatic carbocycles. The maximum atomic E-state index is 12.6. The number of amides is 1. The predicted octanol–water partition coefficient (Wildman–Crippen LogP) is 4.74. The molecule has 1 heterocycles. The second-order valence-electron chi connectivity index (χ2n) is 7.02. The van der Waals surface area contributed by atoms with Gasteiger partial charge in [0, 0.05) is 24.1 Å². The Morgan fingerprint density at radius 1 is 1.19 bits per heavy atom. The molecule has 2 aromatic rings. The average Bonchev–Trinajstić information content (AvgIpc) is 2.66. The van der Waals surface area contributed by atoms with E-state index in [-0.39, 0.29) is 11.4 Å². The summed E-state index contributed by atoms with van der Waals surface area (Å²) >= 11 is 3.54. The highest BCUT2D eigenvalue weighted by Crippen LogP contribution is 2.33. The van der Waals surface area contributed by atoms with E-state index in [4.69, 9.17) is 9.47 Å². The number of nitrogens with one attached hydrogen (secondary N) is 1. The molecule has 4 nitrogen and oxygen atoms in total. The number of halogens is 1. The maximum Gasteiger partial charge on any atom is 0.220 e. The second-order valence-corrected chi connectivity index (χ2v) is 7.94. The summed E-state index contributed by atoms with van der Waals surface area (Å²) in [5.41, 5.74) is 1.95. The highest BCUT2D eigenvalue weighted by atomic mass is 79.9. The third kappa shape index (κ3) is 5.56. The van der Waals surface area contributed by atoms with Gasteiger partial charge in [-0.25, -0.2) is 0 Å². The molecule has 0 spiro atoms. The Hall–Kier alpha value is -1.85. The monoisotopic (exact) mass is 431 g/mol. The Balaban J connectivity index is 1.55. The van der Waals surface area contributed by atoms with Crippen molar-refractivity contribution >= 4 is 21.8 Å². The summed E-state index contributed by atoms with van der Waals surface area (Å²) in [6.45, 7) is 3.88. The quantitative estimate of drug-likeness (QED) is 0.643. The predicted molar refractivity (Wildman–Crippen MR) is 110 cm³/mol. The molecule has 1 aliphatic rings. The Labute approximate surface area is 169 Å². The third-order valence-electron chi connectivity index (χ3n) is 4.91. The van der Waals surface area contributed by atoms with E-state index < -0.39 is 0 Å². The van der Waals surface area contributed by atoms with Crippen LogP contribution in [-0.4, -0.2) is 25.7 Å². The van der Waals surface area contributed by atoms with E-state index in [9.17, 15) is 4.79 Å². The molecule has 5 heteroatoms. The second kappa shape index (κ2) is 9.38. The fourth-order valence-corrected chi connectivity index (χ4v) is 3.85. The largest absolute Gasteiger partial charge is 0.494 e. The Bertz CT molecular complexity index is 772. The van der Waals surface area contributed by atoms with E-state index in [1.54, 1.807) is 0 Å². The number of carbonyl (C=O) groups excluding carboxylic acids is 1. The van der Waals surface area contributed by atoms with Crippen molar-refractivity contribution in [3.05, 3.63) is 64.1 Å². The van der Waals surface area contributed by atoms with Gasteiger partial charge in [-0.15, -0.1) is 0 Å². The van der Waals surface area contributed by atoms with Gasteiger partial charge in [0.05, 0.1) is 12.1 Å². The zero-order valence-corrected chi connectivity index (χ0v) is 17.3. The molecular formula is C22H26BrNO3. The van der Waals surface area contributed by atoms with Gasteiger partial charge in [-0.2, -0.15) is 0 Å². The third-order valence-corrected chi connectivity index (χ3v) is 5.40. The molecule has 1 saturated heterocycles. The number of ether oxygens (including phenoxy) is 2. The number of rotatable bonds is 7. The molecule has 1 N–H and O–H groups in total. The first kappa shape index (κ1) is 19.9. The number of hydrogen-bond acceptors (Lipinski definition) is 3. The van der Waals surface area contributed by atoms with E-state index in [1.807, 2.05) is 43.3 Å². The van der Waals surface area contributed by atoms with Crippen LogP contribution in [0.15, 0.2) is 53.0 Å². The molecule has 0 bridgehead atoms. The van der Waals surface area contributed by atoms with Gasteiger partial charge in [0.1, 0.15) is 5.75 Å². The lowest BCUT2D eigenvalue weighted by molar-refractivity contribution is -0.124. The summed E-state index contributed by atoms with van der Waals surface area (Å²) in [6, 6.07) is 16.1. The van der Waals surface area contributed by atoms with Crippen LogP contribution in [0.3, 0.4) is 0 Å². The summed E-state index contributed by atoms with van der Waals surface area (Å²) in [4.78, 5) is 12.6. The van der Waals surface area contributed by atoms with Gasteiger partial charge < -0.3 is 14.8 Å². The molecule has 3 rings (SSSR count). The smallest absolute Gasteiger partial charge is 0.220 e.